The number of carbonyl (C=O) groups is 1. The summed E-state index contributed by atoms with van der Waals surface area (Å²) < 4.78 is 32.0. The number of carbonyl (C=O) groups excluding carboxylic acids is 1. The van der Waals surface area contributed by atoms with Crippen molar-refractivity contribution >= 4 is 33.3 Å². The molecule has 7 heteroatoms. The summed E-state index contributed by atoms with van der Waals surface area (Å²) in [4.78, 5) is 11.7. The number of ether oxygens (including phenoxy) is 1. The van der Waals surface area contributed by atoms with Crippen LogP contribution in [0, 0.1) is 0 Å². The van der Waals surface area contributed by atoms with Crippen LogP contribution in [-0.4, -0.2) is 21.0 Å². The second kappa shape index (κ2) is 7.48. The van der Waals surface area contributed by atoms with E-state index >= 15 is 0 Å². The maximum absolute atomic E-state index is 12.3. The van der Waals surface area contributed by atoms with Crippen molar-refractivity contribution in [2.75, 3.05) is 11.3 Å². The molecule has 0 aliphatic rings. The molecule has 0 radical (unpaired) electrons. The lowest BCUT2D eigenvalue weighted by Gasteiger charge is -2.10. The van der Waals surface area contributed by atoms with Crippen LogP contribution < -0.4 is 4.72 Å². The second-order valence-corrected chi connectivity index (χ2v) is 6.81. The van der Waals surface area contributed by atoms with Gasteiger partial charge in [-0.1, -0.05) is 30.7 Å². The molecular weight excluding hydrogens is 338 g/mol. The average Bonchev–Trinajstić information content (AvgIpc) is 2.53. The fourth-order valence-corrected chi connectivity index (χ4v) is 3.40. The molecule has 0 amide bonds. The van der Waals surface area contributed by atoms with Gasteiger partial charge in [-0.25, -0.2) is 13.2 Å². The Labute approximate surface area is 140 Å². The number of esters is 1. The maximum atomic E-state index is 12.3. The summed E-state index contributed by atoms with van der Waals surface area (Å²) in [6.45, 7) is 2.25. The zero-order valence-electron chi connectivity index (χ0n) is 12.5. The molecule has 0 unspecified atom stereocenters. The largest absolute Gasteiger partial charge is 0.462 e. The molecule has 5 nitrogen and oxygen atoms in total. The molecule has 2 aromatic rings. The first-order chi connectivity index (χ1) is 10.9. The highest BCUT2D eigenvalue weighted by Gasteiger charge is 2.17. The fourth-order valence-electron chi connectivity index (χ4n) is 1.83. The number of hydrogen-bond acceptors (Lipinski definition) is 4. The average molecular weight is 354 g/mol. The smallest absolute Gasteiger partial charge is 0.338 e. The molecule has 2 aromatic carbocycles. The predicted molar refractivity (Wildman–Crippen MR) is 89.3 cm³/mol. The van der Waals surface area contributed by atoms with Crippen LogP contribution in [-0.2, 0) is 14.8 Å². The molecule has 0 saturated heterocycles. The summed E-state index contributed by atoms with van der Waals surface area (Å²) >= 11 is 5.91. The van der Waals surface area contributed by atoms with Crippen LogP contribution in [0.4, 0.5) is 5.69 Å². The molecule has 0 aliphatic heterocycles. The summed E-state index contributed by atoms with van der Waals surface area (Å²) in [6, 6.07) is 12.2. The van der Waals surface area contributed by atoms with Gasteiger partial charge in [0.1, 0.15) is 4.90 Å². The Morgan fingerprint density at radius 2 is 1.78 bits per heavy atom. The Kier molecular flexibility index (Phi) is 5.63. The molecule has 2 rings (SSSR count). The molecule has 23 heavy (non-hydrogen) atoms. The minimum atomic E-state index is -3.79. The minimum Gasteiger partial charge on any atom is -0.462 e. The van der Waals surface area contributed by atoms with Gasteiger partial charge in [-0.15, -0.1) is 0 Å². The lowest BCUT2D eigenvalue weighted by atomic mass is 10.2. The first-order valence-corrected chi connectivity index (χ1v) is 8.84. The summed E-state index contributed by atoms with van der Waals surface area (Å²) in [7, 11) is -3.79. The zero-order chi connectivity index (χ0) is 16.9. The Morgan fingerprint density at radius 3 is 2.39 bits per heavy atom. The quantitative estimate of drug-likeness (QED) is 0.803. The topological polar surface area (TPSA) is 72.5 Å². The van der Waals surface area contributed by atoms with E-state index in [9.17, 15) is 13.2 Å². The second-order valence-electron chi connectivity index (χ2n) is 4.75. The van der Waals surface area contributed by atoms with Gasteiger partial charge in [0.2, 0.25) is 0 Å². The van der Waals surface area contributed by atoms with E-state index in [0.717, 1.165) is 6.42 Å². The zero-order valence-corrected chi connectivity index (χ0v) is 14.0. The monoisotopic (exact) mass is 353 g/mol. The van der Waals surface area contributed by atoms with Crippen LogP contribution in [0.3, 0.4) is 0 Å². The number of halogens is 1. The SMILES string of the molecule is CCCOC(=O)c1ccc(NS(=O)(=O)c2ccccc2Cl)cc1. The molecule has 0 aromatic heterocycles. The van der Waals surface area contributed by atoms with Crippen molar-refractivity contribution in [3.63, 3.8) is 0 Å². The van der Waals surface area contributed by atoms with E-state index in [-0.39, 0.29) is 9.92 Å². The lowest BCUT2D eigenvalue weighted by molar-refractivity contribution is 0.0505. The number of nitrogens with one attached hydrogen (secondary N) is 1. The van der Waals surface area contributed by atoms with Gasteiger partial charge in [0.05, 0.1) is 17.2 Å². The normalized spacial score (nSPS) is 11.0. The van der Waals surface area contributed by atoms with Crippen molar-refractivity contribution in [2.24, 2.45) is 0 Å². The van der Waals surface area contributed by atoms with Crippen LogP contribution in [0.5, 0.6) is 0 Å². The van der Waals surface area contributed by atoms with E-state index in [1.807, 2.05) is 6.92 Å². The fraction of sp³-hybridized carbons (Fsp3) is 0.188. The molecule has 0 heterocycles. The van der Waals surface area contributed by atoms with Crippen LogP contribution in [0.15, 0.2) is 53.4 Å². The van der Waals surface area contributed by atoms with Gasteiger partial charge in [-0.3, -0.25) is 4.72 Å². The first-order valence-electron chi connectivity index (χ1n) is 6.98. The third-order valence-electron chi connectivity index (χ3n) is 2.94. The molecule has 0 aliphatic carbocycles. The van der Waals surface area contributed by atoms with Crippen LogP contribution in [0.2, 0.25) is 5.02 Å². The third-order valence-corrected chi connectivity index (χ3v) is 4.82. The van der Waals surface area contributed by atoms with Gasteiger partial charge in [-0.05, 0) is 42.8 Å². The van der Waals surface area contributed by atoms with E-state index in [0.29, 0.717) is 17.9 Å². The van der Waals surface area contributed by atoms with Crippen molar-refractivity contribution in [3.8, 4) is 0 Å². The molecule has 0 saturated carbocycles. The maximum Gasteiger partial charge on any atom is 0.338 e. The highest BCUT2D eigenvalue weighted by atomic mass is 35.5. The summed E-state index contributed by atoms with van der Waals surface area (Å²) in [6.07, 6.45) is 0.738. The highest BCUT2D eigenvalue weighted by molar-refractivity contribution is 7.92. The van der Waals surface area contributed by atoms with Crippen molar-refractivity contribution < 1.29 is 17.9 Å². The van der Waals surface area contributed by atoms with Gasteiger partial charge in [0.15, 0.2) is 0 Å². The first kappa shape index (κ1) is 17.3. The minimum absolute atomic E-state index is 0.00639. The summed E-state index contributed by atoms with van der Waals surface area (Å²) in [5.74, 6) is -0.438. The van der Waals surface area contributed by atoms with Crippen LogP contribution >= 0.6 is 11.6 Å². The number of sulfonamides is 1. The standard InChI is InChI=1S/C16H16ClNO4S/c1-2-11-22-16(19)12-7-9-13(10-8-12)18-23(20,21)15-6-4-3-5-14(15)17/h3-10,18H,2,11H2,1H3. The number of anilines is 1. The predicted octanol–water partition coefficient (Wildman–Crippen LogP) is 3.71. The summed E-state index contributed by atoms with van der Waals surface area (Å²) in [5, 5.41) is 0.139. The van der Waals surface area contributed by atoms with Crippen LogP contribution in [0.1, 0.15) is 23.7 Å². The lowest BCUT2D eigenvalue weighted by Crippen LogP contribution is -2.13. The van der Waals surface area contributed by atoms with Crippen molar-refractivity contribution in [1.29, 1.82) is 0 Å². The van der Waals surface area contributed by atoms with E-state index in [1.165, 1.54) is 36.4 Å². The van der Waals surface area contributed by atoms with E-state index < -0.39 is 16.0 Å². The Hall–Kier alpha value is -2.05. The highest BCUT2D eigenvalue weighted by Crippen LogP contribution is 2.23. The summed E-state index contributed by atoms with van der Waals surface area (Å²) in [5.41, 5.74) is 0.691. The van der Waals surface area contributed by atoms with Gasteiger partial charge in [0.25, 0.3) is 10.0 Å². The number of benzene rings is 2. The number of rotatable bonds is 6. The van der Waals surface area contributed by atoms with Crippen molar-refractivity contribution in [3.05, 3.63) is 59.1 Å². The van der Waals surface area contributed by atoms with E-state index in [2.05, 4.69) is 4.72 Å². The molecular formula is C16H16ClNO4S. The Bertz CT molecular complexity index is 788. The molecule has 122 valence electrons. The molecule has 0 atom stereocenters. The molecule has 0 spiro atoms. The van der Waals surface area contributed by atoms with Gasteiger partial charge in [-0.2, -0.15) is 0 Å². The van der Waals surface area contributed by atoms with E-state index in [4.69, 9.17) is 16.3 Å². The third kappa shape index (κ3) is 4.46. The van der Waals surface area contributed by atoms with Gasteiger partial charge >= 0.3 is 5.97 Å². The molecule has 0 fully saturated rings. The van der Waals surface area contributed by atoms with Crippen molar-refractivity contribution in [1.82, 2.24) is 0 Å². The van der Waals surface area contributed by atoms with E-state index in [1.54, 1.807) is 12.1 Å². The van der Waals surface area contributed by atoms with Gasteiger partial charge < -0.3 is 4.74 Å². The molecule has 1 N–H and O–H groups in total. The Balaban J connectivity index is 2.15. The number of hydrogen-bond donors (Lipinski definition) is 1. The van der Waals surface area contributed by atoms with Crippen LogP contribution in [0.25, 0.3) is 0 Å². The Morgan fingerprint density at radius 1 is 1.13 bits per heavy atom. The van der Waals surface area contributed by atoms with Crippen molar-refractivity contribution in [2.45, 2.75) is 18.2 Å². The van der Waals surface area contributed by atoms with Gasteiger partial charge in [0, 0.05) is 5.69 Å². The molecule has 0 bridgehead atoms.